The van der Waals surface area contributed by atoms with E-state index in [1.165, 1.54) is 35.6 Å². The van der Waals surface area contributed by atoms with Gasteiger partial charge in [0.1, 0.15) is 10.8 Å². The van der Waals surface area contributed by atoms with Gasteiger partial charge in [-0.15, -0.1) is 11.3 Å². The zero-order chi connectivity index (χ0) is 21.6. The number of esters is 1. The molecule has 4 aromatic rings. The van der Waals surface area contributed by atoms with E-state index in [0.29, 0.717) is 16.9 Å². The minimum Gasteiger partial charge on any atom is -0.447 e. The Kier molecular flexibility index (Phi) is 6.49. The number of hydrogen-bond acceptors (Lipinski definition) is 6. The fourth-order valence-electron chi connectivity index (χ4n) is 2.87. The molecule has 1 N–H and O–H groups in total. The molecule has 2 aromatic heterocycles. The number of aromatic nitrogens is 1. The van der Waals surface area contributed by atoms with Gasteiger partial charge in [-0.05, 0) is 35.7 Å². The normalized spacial score (nSPS) is 11.6. The molecule has 0 saturated heterocycles. The van der Waals surface area contributed by atoms with Gasteiger partial charge in [0.2, 0.25) is 6.10 Å². The maximum Gasteiger partial charge on any atom is 0.313 e. The largest absolute Gasteiger partial charge is 0.447 e. The zero-order valence-corrected chi connectivity index (χ0v) is 17.8. The van der Waals surface area contributed by atoms with Crippen LogP contribution in [0, 0.1) is 5.82 Å². The first-order valence-corrected chi connectivity index (χ1v) is 11.2. The van der Waals surface area contributed by atoms with Gasteiger partial charge >= 0.3 is 5.97 Å². The molecule has 0 fully saturated rings. The predicted octanol–water partition coefficient (Wildman–Crippen LogP) is 5.48. The summed E-state index contributed by atoms with van der Waals surface area (Å²) in [5, 5.41) is 9.26. The number of thiophene rings is 1. The molecule has 0 aliphatic rings. The van der Waals surface area contributed by atoms with E-state index in [1.807, 2.05) is 28.3 Å². The van der Waals surface area contributed by atoms with Gasteiger partial charge in [-0.3, -0.25) is 9.59 Å². The SMILES string of the molecule is O=C(Cc1csc(-c2ccsc2)n1)OC(C(=O)Nc1ccc(F)cc1)c1ccccc1. The monoisotopic (exact) mass is 452 g/mol. The molecule has 5 nitrogen and oxygen atoms in total. The third-order valence-corrected chi connectivity index (χ3v) is 5.97. The summed E-state index contributed by atoms with van der Waals surface area (Å²) in [6.45, 7) is 0. The summed E-state index contributed by atoms with van der Waals surface area (Å²) in [4.78, 5) is 29.9. The number of hydrogen-bond donors (Lipinski definition) is 1. The molecule has 2 heterocycles. The van der Waals surface area contributed by atoms with Gasteiger partial charge in [0, 0.05) is 27.6 Å². The molecule has 0 aliphatic heterocycles. The minimum absolute atomic E-state index is 0.0478. The van der Waals surface area contributed by atoms with Gasteiger partial charge in [-0.25, -0.2) is 9.37 Å². The standard InChI is InChI=1S/C23H17FN2O3S2/c24-17-6-8-18(9-7-17)25-22(28)21(15-4-2-1-3-5-15)29-20(27)12-19-14-31-23(26-19)16-10-11-30-13-16/h1-11,13-14,21H,12H2,(H,25,28). The maximum atomic E-state index is 13.1. The summed E-state index contributed by atoms with van der Waals surface area (Å²) in [6.07, 6.45) is -1.19. The van der Waals surface area contributed by atoms with E-state index in [1.54, 1.807) is 35.6 Å². The highest BCUT2D eigenvalue weighted by Crippen LogP contribution is 2.26. The van der Waals surface area contributed by atoms with Crippen LogP contribution in [0.25, 0.3) is 10.6 Å². The number of ether oxygens (including phenoxy) is 1. The van der Waals surface area contributed by atoms with Crippen LogP contribution < -0.4 is 5.32 Å². The Labute approximate surface area is 186 Å². The van der Waals surface area contributed by atoms with E-state index < -0.39 is 23.8 Å². The Morgan fingerprint density at radius 2 is 1.81 bits per heavy atom. The van der Waals surface area contributed by atoms with Crippen LogP contribution in [0.2, 0.25) is 0 Å². The van der Waals surface area contributed by atoms with Crippen molar-refractivity contribution in [2.75, 3.05) is 5.32 Å². The number of nitrogens with one attached hydrogen (secondary N) is 1. The van der Waals surface area contributed by atoms with Gasteiger partial charge in [0.25, 0.3) is 5.91 Å². The van der Waals surface area contributed by atoms with Gasteiger partial charge in [-0.1, -0.05) is 30.3 Å². The molecule has 0 radical (unpaired) electrons. The molecular weight excluding hydrogens is 435 g/mol. The first-order chi connectivity index (χ1) is 15.1. The topological polar surface area (TPSA) is 68.3 Å². The molecular formula is C23H17FN2O3S2. The molecule has 0 spiro atoms. The van der Waals surface area contributed by atoms with E-state index in [9.17, 15) is 14.0 Å². The van der Waals surface area contributed by atoms with Gasteiger partial charge in [0.05, 0.1) is 12.1 Å². The lowest BCUT2D eigenvalue weighted by atomic mass is 10.1. The van der Waals surface area contributed by atoms with Crippen LogP contribution in [-0.4, -0.2) is 16.9 Å². The molecule has 1 amide bonds. The van der Waals surface area contributed by atoms with E-state index in [2.05, 4.69) is 10.3 Å². The third kappa shape index (κ3) is 5.42. The summed E-state index contributed by atoms with van der Waals surface area (Å²) in [5.41, 5.74) is 2.54. The number of amides is 1. The number of nitrogens with zero attached hydrogens (tertiary/aromatic N) is 1. The smallest absolute Gasteiger partial charge is 0.313 e. The fraction of sp³-hybridized carbons (Fsp3) is 0.0870. The summed E-state index contributed by atoms with van der Waals surface area (Å²) < 4.78 is 18.7. The Bertz CT molecular complexity index is 1160. The third-order valence-electron chi connectivity index (χ3n) is 4.35. The fourth-order valence-corrected chi connectivity index (χ4v) is 4.40. The van der Waals surface area contributed by atoms with Gasteiger partial charge in [-0.2, -0.15) is 11.3 Å². The van der Waals surface area contributed by atoms with Crippen molar-refractivity contribution in [2.24, 2.45) is 0 Å². The second-order valence-electron chi connectivity index (χ2n) is 6.61. The van der Waals surface area contributed by atoms with Crippen LogP contribution in [-0.2, 0) is 20.7 Å². The number of carbonyl (C=O) groups excluding carboxylic acids is 2. The highest BCUT2D eigenvalue weighted by atomic mass is 32.1. The maximum absolute atomic E-state index is 13.1. The minimum atomic E-state index is -1.14. The van der Waals surface area contributed by atoms with Crippen molar-refractivity contribution >= 4 is 40.2 Å². The Morgan fingerprint density at radius 3 is 2.52 bits per heavy atom. The number of anilines is 1. The number of halogens is 1. The van der Waals surface area contributed by atoms with Gasteiger partial charge < -0.3 is 10.1 Å². The van der Waals surface area contributed by atoms with Crippen LogP contribution >= 0.6 is 22.7 Å². The Balaban J connectivity index is 1.47. The number of benzene rings is 2. The van der Waals surface area contributed by atoms with Crippen molar-refractivity contribution in [3.8, 4) is 10.6 Å². The zero-order valence-electron chi connectivity index (χ0n) is 16.2. The number of carbonyl (C=O) groups is 2. The molecule has 2 aromatic carbocycles. The lowest BCUT2D eigenvalue weighted by Crippen LogP contribution is -2.26. The highest BCUT2D eigenvalue weighted by molar-refractivity contribution is 7.14. The molecule has 31 heavy (non-hydrogen) atoms. The van der Waals surface area contributed by atoms with Crippen molar-refractivity contribution in [1.29, 1.82) is 0 Å². The van der Waals surface area contributed by atoms with Crippen LogP contribution in [0.1, 0.15) is 17.4 Å². The van der Waals surface area contributed by atoms with E-state index in [-0.39, 0.29) is 6.42 Å². The summed E-state index contributed by atoms with van der Waals surface area (Å²) in [7, 11) is 0. The quantitative estimate of drug-likeness (QED) is 0.377. The number of thiazole rings is 1. The average Bonchev–Trinajstić information content (AvgIpc) is 3.46. The average molecular weight is 453 g/mol. The summed E-state index contributed by atoms with van der Waals surface area (Å²) >= 11 is 3.03. The van der Waals surface area contributed by atoms with Crippen molar-refractivity contribution in [3.05, 3.63) is 93.9 Å². The van der Waals surface area contributed by atoms with Crippen molar-refractivity contribution in [1.82, 2.24) is 4.98 Å². The molecule has 4 rings (SSSR count). The molecule has 8 heteroatoms. The lowest BCUT2D eigenvalue weighted by Gasteiger charge is -2.18. The second kappa shape index (κ2) is 9.63. The number of rotatable bonds is 7. The molecule has 156 valence electrons. The molecule has 0 aliphatic carbocycles. The molecule has 1 unspecified atom stereocenters. The summed E-state index contributed by atoms with van der Waals surface area (Å²) in [6, 6.07) is 16.1. The predicted molar refractivity (Wildman–Crippen MR) is 119 cm³/mol. The molecule has 1 atom stereocenters. The highest BCUT2D eigenvalue weighted by Gasteiger charge is 2.25. The molecule has 0 saturated carbocycles. The Hall–Kier alpha value is -3.36. The summed E-state index contributed by atoms with van der Waals surface area (Å²) in [5.74, 6) is -1.50. The van der Waals surface area contributed by atoms with E-state index in [0.717, 1.165) is 10.6 Å². The first kappa shape index (κ1) is 20.9. The van der Waals surface area contributed by atoms with Crippen LogP contribution in [0.3, 0.4) is 0 Å². The van der Waals surface area contributed by atoms with Crippen molar-refractivity contribution in [2.45, 2.75) is 12.5 Å². The molecule has 0 bridgehead atoms. The van der Waals surface area contributed by atoms with Crippen LogP contribution in [0.5, 0.6) is 0 Å². The lowest BCUT2D eigenvalue weighted by molar-refractivity contribution is -0.154. The first-order valence-electron chi connectivity index (χ1n) is 9.36. The second-order valence-corrected chi connectivity index (χ2v) is 8.25. The van der Waals surface area contributed by atoms with Gasteiger partial charge in [0.15, 0.2) is 0 Å². The van der Waals surface area contributed by atoms with Crippen molar-refractivity contribution in [3.63, 3.8) is 0 Å². The van der Waals surface area contributed by atoms with Crippen molar-refractivity contribution < 1.29 is 18.7 Å². The van der Waals surface area contributed by atoms with Crippen LogP contribution in [0.15, 0.2) is 76.8 Å². The van der Waals surface area contributed by atoms with E-state index in [4.69, 9.17) is 4.74 Å². The van der Waals surface area contributed by atoms with E-state index >= 15 is 0 Å². The van der Waals surface area contributed by atoms with Crippen LogP contribution in [0.4, 0.5) is 10.1 Å². The Morgan fingerprint density at radius 1 is 1.03 bits per heavy atom.